The average molecular weight is 407 g/mol. The number of aromatic nitrogens is 1. The molecule has 0 spiro atoms. The SMILES string of the molecule is COC(=O)Cc1cn(C2CCN(C(=O)OC(C)(C)C)CC2)c2cc(Cl)ccc12. The fraction of sp³-hybridized carbons (Fsp3) is 0.524. The summed E-state index contributed by atoms with van der Waals surface area (Å²) >= 11 is 6.22. The molecule has 3 rings (SSSR count). The number of rotatable bonds is 3. The molecule has 0 aliphatic carbocycles. The second-order valence-corrected chi connectivity index (χ2v) is 8.61. The Hall–Kier alpha value is -2.21. The third-order valence-corrected chi connectivity index (χ3v) is 5.19. The number of likely N-dealkylation sites (tertiary alicyclic amines) is 1. The number of nitrogens with zero attached hydrogens (tertiary/aromatic N) is 2. The quantitative estimate of drug-likeness (QED) is 0.700. The number of fused-ring (bicyclic) bond motifs is 1. The molecule has 0 bridgehead atoms. The van der Waals surface area contributed by atoms with Gasteiger partial charge in [0.05, 0.1) is 19.0 Å². The fourth-order valence-electron chi connectivity index (χ4n) is 3.62. The van der Waals surface area contributed by atoms with Gasteiger partial charge in [0.1, 0.15) is 5.60 Å². The van der Waals surface area contributed by atoms with Crippen molar-refractivity contribution >= 4 is 34.6 Å². The van der Waals surface area contributed by atoms with Crippen LogP contribution in [0.5, 0.6) is 0 Å². The highest BCUT2D eigenvalue weighted by Gasteiger charge is 2.28. The Morgan fingerprint density at radius 2 is 1.89 bits per heavy atom. The Morgan fingerprint density at radius 1 is 1.21 bits per heavy atom. The van der Waals surface area contributed by atoms with Crippen molar-refractivity contribution < 1.29 is 19.1 Å². The summed E-state index contributed by atoms with van der Waals surface area (Å²) < 4.78 is 12.5. The predicted octanol–water partition coefficient (Wildman–Crippen LogP) is 4.58. The average Bonchev–Trinajstić information content (AvgIpc) is 2.97. The number of piperidine rings is 1. The molecule has 0 radical (unpaired) electrons. The van der Waals surface area contributed by atoms with Gasteiger partial charge >= 0.3 is 12.1 Å². The van der Waals surface area contributed by atoms with Gasteiger partial charge in [-0.15, -0.1) is 0 Å². The van der Waals surface area contributed by atoms with E-state index in [9.17, 15) is 9.59 Å². The summed E-state index contributed by atoms with van der Waals surface area (Å²) in [4.78, 5) is 25.9. The molecule has 1 amide bonds. The summed E-state index contributed by atoms with van der Waals surface area (Å²) in [6.45, 7) is 6.88. The standard InChI is InChI=1S/C21H27ClN2O4/c1-21(2,3)28-20(26)23-9-7-16(8-10-23)24-13-14(11-19(25)27-4)17-6-5-15(22)12-18(17)24/h5-6,12-13,16H,7-11H2,1-4H3. The smallest absolute Gasteiger partial charge is 0.410 e. The molecular formula is C21H27ClN2O4. The van der Waals surface area contributed by atoms with Crippen LogP contribution in [0.1, 0.15) is 45.2 Å². The first kappa shape index (κ1) is 20.5. The summed E-state index contributed by atoms with van der Waals surface area (Å²) in [6.07, 6.45) is 3.60. The third-order valence-electron chi connectivity index (χ3n) is 4.95. The number of carbonyl (C=O) groups is 2. The first-order chi connectivity index (χ1) is 13.2. The van der Waals surface area contributed by atoms with Crippen molar-refractivity contribution in [3.05, 3.63) is 35.0 Å². The van der Waals surface area contributed by atoms with Crippen LogP contribution in [0.4, 0.5) is 4.79 Å². The van der Waals surface area contributed by atoms with Gasteiger partial charge in [0.2, 0.25) is 0 Å². The van der Waals surface area contributed by atoms with Crippen LogP contribution in [-0.2, 0) is 20.7 Å². The molecule has 0 unspecified atom stereocenters. The maximum absolute atomic E-state index is 12.3. The molecule has 7 heteroatoms. The zero-order chi connectivity index (χ0) is 20.5. The van der Waals surface area contributed by atoms with Crippen molar-refractivity contribution in [1.29, 1.82) is 0 Å². The first-order valence-corrected chi connectivity index (χ1v) is 9.89. The van der Waals surface area contributed by atoms with Gasteiger partial charge in [-0.3, -0.25) is 4.79 Å². The van der Waals surface area contributed by atoms with Gasteiger partial charge in [0, 0.05) is 35.7 Å². The number of ether oxygens (including phenoxy) is 2. The van der Waals surface area contributed by atoms with Crippen LogP contribution < -0.4 is 0 Å². The molecule has 1 aliphatic rings. The van der Waals surface area contributed by atoms with Crippen LogP contribution >= 0.6 is 11.6 Å². The van der Waals surface area contributed by atoms with Crippen LogP contribution in [0.15, 0.2) is 24.4 Å². The number of esters is 1. The van der Waals surface area contributed by atoms with Crippen LogP contribution in [-0.4, -0.2) is 47.3 Å². The van der Waals surface area contributed by atoms with Crippen molar-refractivity contribution in [2.24, 2.45) is 0 Å². The van der Waals surface area contributed by atoms with Crippen molar-refractivity contribution in [2.45, 2.75) is 51.7 Å². The van der Waals surface area contributed by atoms with E-state index in [1.807, 2.05) is 45.2 Å². The summed E-state index contributed by atoms with van der Waals surface area (Å²) in [5.74, 6) is -0.270. The van der Waals surface area contributed by atoms with Gasteiger partial charge in [0.15, 0.2) is 0 Å². The third kappa shape index (κ3) is 4.61. The molecule has 0 N–H and O–H groups in total. The van der Waals surface area contributed by atoms with E-state index in [-0.39, 0.29) is 24.5 Å². The van der Waals surface area contributed by atoms with Gasteiger partial charge in [0.25, 0.3) is 0 Å². The van der Waals surface area contributed by atoms with E-state index in [1.54, 1.807) is 4.90 Å². The Kier molecular flexibility index (Phi) is 5.89. The number of amides is 1. The fourth-order valence-corrected chi connectivity index (χ4v) is 3.79. The number of methoxy groups -OCH3 is 1. The normalized spacial score (nSPS) is 15.7. The lowest BCUT2D eigenvalue weighted by Crippen LogP contribution is -2.42. The zero-order valence-corrected chi connectivity index (χ0v) is 17.6. The number of hydrogen-bond donors (Lipinski definition) is 0. The minimum atomic E-state index is -0.496. The minimum Gasteiger partial charge on any atom is -0.469 e. The molecule has 2 aromatic rings. The molecule has 0 atom stereocenters. The molecule has 1 aromatic heterocycles. The van der Waals surface area contributed by atoms with Gasteiger partial charge in [-0.2, -0.15) is 0 Å². The topological polar surface area (TPSA) is 60.8 Å². The second kappa shape index (κ2) is 8.03. The highest BCUT2D eigenvalue weighted by Crippen LogP contribution is 2.32. The van der Waals surface area contributed by atoms with Crippen LogP contribution in [0.3, 0.4) is 0 Å². The lowest BCUT2D eigenvalue weighted by atomic mass is 10.0. The lowest BCUT2D eigenvalue weighted by molar-refractivity contribution is -0.139. The maximum atomic E-state index is 12.3. The highest BCUT2D eigenvalue weighted by atomic mass is 35.5. The number of carbonyl (C=O) groups excluding carboxylic acids is 2. The van der Waals surface area contributed by atoms with Gasteiger partial charge < -0.3 is 18.9 Å². The van der Waals surface area contributed by atoms with E-state index < -0.39 is 5.60 Å². The molecule has 28 heavy (non-hydrogen) atoms. The van der Waals surface area contributed by atoms with E-state index in [0.717, 1.165) is 29.3 Å². The Balaban J connectivity index is 1.80. The van der Waals surface area contributed by atoms with Crippen molar-refractivity contribution in [3.8, 4) is 0 Å². The molecule has 1 aromatic carbocycles. The molecule has 0 saturated carbocycles. The second-order valence-electron chi connectivity index (χ2n) is 8.17. The Bertz CT molecular complexity index is 876. The summed E-state index contributed by atoms with van der Waals surface area (Å²) in [5, 5.41) is 1.66. The first-order valence-electron chi connectivity index (χ1n) is 9.51. The van der Waals surface area contributed by atoms with E-state index in [0.29, 0.717) is 18.1 Å². The van der Waals surface area contributed by atoms with Crippen molar-refractivity contribution in [1.82, 2.24) is 9.47 Å². The largest absolute Gasteiger partial charge is 0.469 e. The predicted molar refractivity (Wildman–Crippen MR) is 109 cm³/mol. The maximum Gasteiger partial charge on any atom is 0.410 e. The van der Waals surface area contributed by atoms with E-state index in [4.69, 9.17) is 21.1 Å². The minimum absolute atomic E-state index is 0.221. The van der Waals surface area contributed by atoms with Gasteiger partial charge in [-0.1, -0.05) is 17.7 Å². The van der Waals surface area contributed by atoms with E-state index >= 15 is 0 Å². The van der Waals surface area contributed by atoms with E-state index in [2.05, 4.69) is 4.57 Å². The molecule has 1 aliphatic heterocycles. The van der Waals surface area contributed by atoms with Crippen LogP contribution in [0.25, 0.3) is 10.9 Å². The van der Waals surface area contributed by atoms with E-state index in [1.165, 1.54) is 7.11 Å². The summed E-state index contributed by atoms with van der Waals surface area (Å²) in [5.41, 5.74) is 1.43. The summed E-state index contributed by atoms with van der Waals surface area (Å²) in [6, 6.07) is 5.94. The van der Waals surface area contributed by atoms with Crippen LogP contribution in [0, 0.1) is 0 Å². The lowest BCUT2D eigenvalue weighted by Gasteiger charge is -2.34. The Morgan fingerprint density at radius 3 is 2.50 bits per heavy atom. The van der Waals surface area contributed by atoms with Gasteiger partial charge in [-0.25, -0.2) is 4.79 Å². The molecular weight excluding hydrogens is 380 g/mol. The Labute approximate surface area is 170 Å². The highest BCUT2D eigenvalue weighted by molar-refractivity contribution is 6.31. The monoisotopic (exact) mass is 406 g/mol. The molecule has 6 nitrogen and oxygen atoms in total. The van der Waals surface area contributed by atoms with Gasteiger partial charge in [-0.05, 0) is 51.3 Å². The zero-order valence-electron chi connectivity index (χ0n) is 16.8. The van der Waals surface area contributed by atoms with Crippen molar-refractivity contribution in [3.63, 3.8) is 0 Å². The summed E-state index contributed by atoms with van der Waals surface area (Å²) in [7, 11) is 1.39. The van der Waals surface area contributed by atoms with Crippen molar-refractivity contribution in [2.75, 3.05) is 20.2 Å². The molecule has 1 saturated heterocycles. The molecule has 152 valence electrons. The number of benzene rings is 1. The van der Waals surface area contributed by atoms with Crippen LogP contribution in [0.2, 0.25) is 5.02 Å². The molecule has 2 heterocycles. The number of hydrogen-bond acceptors (Lipinski definition) is 4. The molecule has 1 fully saturated rings. The number of halogens is 1.